The molecule has 0 N–H and O–H groups in total. The van der Waals surface area contributed by atoms with Gasteiger partial charge in [-0.25, -0.2) is 0 Å². The van der Waals surface area contributed by atoms with Crippen LogP contribution < -0.4 is 0 Å². The second-order valence-electron chi connectivity index (χ2n) is 16.7. The van der Waals surface area contributed by atoms with E-state index in [-0.39, 0.29) is 5.92 Å². The van der Waals surface area contributed by atoms with Gasteiger partial charge in [0.1, 0.15) is 11.3 Å². The lowest BCUT2D eigenvalue weighted by atomic mass is 9.62. The van der Waals surface area contributed by atoms with Crippen LogP contribution in [-0.4, -0.2) is 0 Å². The number of fused-ring (bicyclic) bond motifs is 7. The Balaban J connectivity index is 0.968. The molecule has 8 unspecified atom stereocenters. The number of hydrogen-bond donors (Lipinski definition) is 0. The highest BCUT2D eigenvalue weighted by Gasteiger charge is 2.41. The molecule has 1 heterocycles. The number of rotatable bonds is 5. The van der Waals surface area contributed by atoms with Crippen LogP contribution in [0.4, 0.5) is 0 Å². The number of hydrogen-bond acceptors (Lipinski definition) is 1. The Morgan fingerprint density at radius 2 is 1.31 bits per heavy atom. The van der Waals surface area contributed by atoms with Crippen LogP contribution in [0.25, 0.3) is 34.2 Å². The largest absolute Gasteiger partial charge is 0.456 e. The second-order valence-corrected chi connectivity index (χ2v) is 16.7. The Labute approximate surface area is 325 Å². The zero-order chi connectivity index (χ0) is 36.3. The van der Waals surface area contributed by atoms with E-state index >= 15 is 0 Å². The molecule has 6 aliphatic carbocycles. The molecule has 1 heteroatoms. The topological polar surface area (TPSA) is 13.1 Å². The molecule has 8 atom stereocenters. The van der Waals surface area contributed by atoms with Crippen LogP contribution in [0, 0.1) is 29.6 Å². The molecule has 1 fully saturated rings. The standard InChI is InChI=1S/C54H46O/c1-3-11-35(12-4-1)39-21-22-41-29-43(24-23-40(41)28-39)46-30-45(42-20-19-37-15-7-8-16-38(37)27-42)31-47(32-46)51-34-53-54(49-18-10-9-17-48(49)51)50-26-25-44(33-52(50)55-53)36-13-5-2-6-14-36/h1-27,29,33-34,37-39,45-49H,28,30-32H2. The fourth-order valence-electron chi connectivity index (χ4n) is 10.8. The van der Waals surface area contributed by atoms with Crippen LogP contribution in [-0.2, 0) is 6.42 Å². The SMILES string of the molecule is C1=CC2C=CC(C3CC(C4=Cc5oc6cc(-c7ccccc7)ccc6c5C5C=CC=CC45)CC(c4ccc5c(c4)C=CC(c4ccccc4)C5)C3)=CC2C=C1. The second kappa shape index (κ2) is 13.6. The van der Waals surface area contributed by atoms with E-state index in [4.69, 9.17) is 4.42 Å². The number of benzene rings is 4. The summed E-state index contributed by atoms with van der Waals surface area (Å²) in [5.41, 5.74) is 13.6. The van der Waals surface area contributed by atoms with Crippen LogP contribution in [0.3, 0.4) is 0 Å². The van der Waals surface area contributed by atoms with E-state index < -0.39 is 0 Å². The quantitative estimate of drug-likeness (QED) is 0.177. The third-order valence-electron chi connectivity index (χ3n) is 13.6. The van der Waals surface area contributed by atoms with Crippen molar-refractivity contribution in [3.05, 3.63) is 215 Å². The first-order valence-corrected chi connectivity index (χ1v) is 20.5. The fourth-order valence-corrected chi connectivity index (χ4v) is 10.8. The minimum atomic E-state index is 0.280. The van der Waals surface area contributed by atoms with Gasteiger partial charge in [-0.15, -0.1) is 0 Å². The third-order valence-corrected chi connectivity index (χ3v) is 13.6. The van der Waals surface area contributed by atoms with Crippen LogP contribution in [0.15, 0.2) is 186 Å². The highest BCUT2D eigenvalue weighted by molar-refractivity contribution is 5.90. The van der Waals surface area contributed by atoms with Gasteiger partial charge in [-0.3, -0.25) is 0 Å². The molecule has 0 saturated heterocycles. The molecule has 0 spiro atoms. The predicted molar refractivity (Wildman–Crippen MR) is 229 cm³/mol. The molecule has 0 amide bonds. The maximum absolute atomic E-state index is 6.86. The minimum absolute atomic E-state index is 0.280. The number of allylic oxidation sites excluding steroid dienone is 14. The Kier molecular flexibility index (Phi) is 8.08. The summed E-state index contributed by atoms with van der Waals surface area (Å²) in [5.74, 6) is 4.49. The molecule has 1 nitrogen and oxygen atoms in total. The summed E-state index contributed by atoms with van der Waals surface area (Å²) >= 11 is 0. The van der Waals surface area contributed by atoms with E-state index in [0.29, 0.717) is 41.4 Å². The molecule has 268 valence electrons. The van der Waals surface area contributed by atoms with Crippen molar-refractivity contribution >= 4 is 23.1 Å². The van der Waals surface area contributed by atoms with E-state index in [1.807, 2.05) is 0 Å². The first-order chi connectivity index (χ1) is 27.2. The highest BCUT2D eigenvalue weighted by Crippen LogP contribution is 2.54. The van der Waals surface area contributed by atoms with Gasteiger partial charge in [0.05, 0.1) is 0 Å². The predicted octanol–water partition coefficient (Wildman–Crippen LogP) is 13.7. The average molecular weight is 711 g/mol. The molecular formula is C54H46O. The molecule has 4 aromatic carbocycles. The maximum Gasteiger partial charge on any atom is 0.135 e. The van der Waals surface area contributed by atoms with E-state index in [1.165, 1.54) is 62.7 Å². The maximum atomic E-state index is 6.86. The van der Waals surface area contributed by atoms with Gasteiger partial charge in [-0.1, -0.05) is 176 Å². The van der Waals surface area contributed by atoms with Gasteiger partial charge < -0.3 is 4.42 Å². The van der Waals surface area contributed by atoms with Crippen molar-refractivity contribution in [1.82, 2.24) is 0 Å². The van der Waals surface area contributed by atoms with Crippen molar-refractivity contribution in [2.75, 3.05) is 0 Å². The van der Waals surface area contributed by atoms with Crippen molar-refractivity contribution in [2.24, 2.45) is 29.6 Å². The molecule has 6 aliphatic rings. The molecule has 1 aromatic heterocycles. The Bertz CT molecular complexity index is 2530. The molecule has 55 heavy (non-hydrogen) atoms. The van der Waals surface area contributed by atoms with Gasteiger partial charge >= 0.3 is 0 Å². The molecule has 5 aromatic rings. The van der Waals surface area contributed by atoms with Gasteiger partial charge in [-0.2, -0.15) is 0 Å². The lowest BCUT2D eigenvalue weighted by molar-refractivity contribution is 0.282. The fraction of sp³-hybridized carbons (Fsp3) is 0.222. The van der Waals surface area contributed by atoms with Crippen molar-refractivity contribution in [3.63, 3.8) is 0 Å². The zero-order valence-electron chi connectivity index (χ0n) is 31.2. The molecular weight excluding hydrogens is 665 g/mol. The van der Waals surface area contributed by atoms with Crippen molar-refractivity contribution in [3.8, 4) is 11.1 Å². The third kappa shape index (κ3) is 5.93. The van der Waals surface area contributed by atoms with E-state index in [0.717, 1.165) is 24.2 Å². The Morgan fingerprint density at radius 3 is 2.18 bits per heavy atom. The van der Waals surface area contributed by atoms with Gasteiger partial charge in [0.2, 0.25) is 0 Å². The van der Waals surface area contributed by atoms with E-state index in [2.05, 4.69) is 182 Å². The van der Waals surface area contributed by atoms with Gasteiger partial charge in [0, 0.05) is 40.5 Å². The first-order valence-electron chi connectivity index (χ1n) is 20.5. The van der Waals surface area contributed by atoms with Gasteiger partial charge in [-0.05, 0) is 94.5 Å². The summed E-state index contributed by atoms with van der Waals surface area (Å²) in [7, 11) is 0. The van der Waals surface area contributed by atoms with Crippen molar-refractivity contribution < 1.29 is 4.42 Å². The van der Waals surface area contributed by atoms with E-state index in [9.17, 15) is 0 Å². The smallest absolute Gasteiger partial charge is 0.135 e. The summed E-state index contributed by atoms with van der Waals surface area (Å²) in [5, 5.41) is 1.25. The monoisotopic (exact) mass is 710 g/mol. The normalized spacial score (nSPS) is 28.6. The number of furan rings is 1. The Morgan fingerprint density at radius 1 is 0.545 bits per heavy atom. The van der Waals surface area contributed by atoms with Gasteiger partial charge in [0.15, 0.2) is 0 Å². The van der Waals surface area contributed by atoms with Gasteiger partial charge in [0.25, 0.3) is 0 Å². The van der Waals surface area contributed by atoms with E-state index in [1.54, 1.807) is 5.57 Å². The summed E-state index contributed by atoms with van der Waals surface area (Å²) in [4.78, 5) is 0. The summed E-state index contributed by atoms with van der Waals surface area (Å²) in [6, 6.07) is 35.9. The highest BCUT2D eigenvalue weighted by atomic mass is 16.3. The van der Waals surface area contributed by atoms with Crippen LogP contribution in [0.2, 0.25) is 0 Å². The summed E-state index contributed by atoms with van der Waals surface area (Å²) < 4.78 is 6.86. The average Bonchev–Trinajstić information content (AvgIpc) is 3.64. The summed E-state index contributed by atoms with van der Waals surface area (Å²) in [6.07, 6.45) is 38.0. The molecule has 11 rings (SSSR count). The molecule has 0 aliphatic heterocycles. The molecule has 1 saturated carbocycles. The lowest BCUT2D eigenvalue weighted by Gasteiger charge is -2.42. The van der Waals surface area contributed by atoms with Crippen LogP contribution in [0.1, 0.15) is 70.6 Å². The lowest BCUT2D eigenvalue weighted by Crippen LogP contribution is -2.30. The van der Waals surface area contributed by atoms with Crippen molar-refractivity contribution in [1.29, 1.82) is 0 Å². The Hall–Kier alpha value is -5.66. The first kappa shape index (κ1) is 32.7. The molecule has 0 bridgehead atoms. The zero-order valence-corrected chi connectivity index (χ0v) is 31.2. The van der Waals surface area contributed by atoms with Crippen LogP contribution in [0.5, 0.6) is 0 Å². The summed E-state index contributed by atoms with van der Waals surface area (Å²) in [6.45, 7) is 0. The molecule has 0 radical (unpaired) electrons. The van der Waals surface area contributed by atoms with Crippen LogP contribution >= 0.6 is 0 Å². The van der Waals surface area contributed by atoms with Crippen molar-refractivity contribution in [2.45, 2.75) is 43.4 Å². The minimum Gasteiger partial charge on any atom is -0.456 e.